The summed E-state index contributed by atoms with van der Waals surface area (Å²) in [4.78, 5) is 13.1. The fourth-order valence-corrected chi connectivity index (χ4v) is 4.96. The SMILES string of the molecule is CC.COc1cc(C(=O)O)ccc1NCC#Cc1cc2c(NC3CCN(CC(C)O)CC3F)cccc2n1CC(F)F. The molecule has 3 atom stereocenters. The summed E-state index contributed by atoms with van der Waals surface area (Å²) in [5.74, 6) is 5.16. The van der Waals surface area contributed by atoms with Crippen LogP contribution in [0.25, 0.3) is 10.9 Å². The lowest BCUT2D eigenvalue weighted by Gasteiger charge is -2.36. The van der Waals surface area contributed by atoms with Gasteiger partial charge in [0.05, 0.1) is 54.8 Å². The molecule has 1 aliphatic rings. The number of aromatic nitrogens is 1. The standard InChI is InChI=1S/C29H33F3N4O4.C2H6/c1-18(37)15-35-12-10-24(22(30)16-35)34-23-6-3-7-26-21(23)14-20(36(26)17-28(31)32)5-4-11-33-25-9-8-19(29(38)39)13-27(25)40-2;1-2/h3,6-9,13-14,18,22,24,28,33-34,37H,10-12,15-17H2,1-2H3,(H,38,39);1-2H3. The van der Waals surface area contributed by atoms with Crippen molar-refractivity contribution < 1.29 is 32.9 Å². The Bertz CT molecular complexity index is 1400. The molecule has 0 aliphatic carbocycles. The van der Waals surface area contributed by atoms with Gasteiger partial charge in [-0.3, -0.25) is 4.90 Å². The molecule has 3 aromatic rings. The number of hydrogen-bond acceptors (Lipinski definition) is 6. The molecule has 1 aliphatic heterocycles. The Morgan fingerprint density at radius 1 is 1.17 bits per heavy atom. The Kier molecular flexibility index (Phi) is 11.9. The van der Waals surface area contributed by atoms with Crippen molar-refractivity contribution in [3.05, 3.63) is 53.7 Å². The number of likely N-dealkylation sites (tertiary alicyclic amines) is 1. The maximum Gasteiger partial charge on any atom is 0.335 e. The highest BCUT2D eigenvalue weighted by Crippen LogP contribution is 2.30. The molecule has 2 aromatic carbocycles. The van der Waals surface area contributed by atoms with Crippen LogP contribution in [0.2, 0.25) is 0 Å². The van der Waals surface area contributed by atoms with Crippen molar-refractivity contribution in [2.75, 3.05) is 43.9 Å². The van der Waals surface area contributed by atoms with Gasteiger partial charge in [-0.05, 0) is 55.7 Å². The summed E-state index contributed by atoms with van der Waals surface area (Å²) in [5, 5.41) is 25.8. The van der Waals surface area contributed by atoms with Crippen molar-refractivity contribution in [1.82, 2.24) is 9.47 Å². The van der Waals surface area contributed by atoms with Gasteiger partial charge >= 0.3 is 5.97 Å². The van der Waals surface area contributed by atoms with Gasteiger partial charge in [0.1, 0.15) is 11.9 Å². The molecule has 2 heterocycles. The summed E-state index contributed by atoms with van der Waals surface area (Å²) in [6.07, 6.45) is -3.75. The smallest absolute Gasteiger partial charge is 0.335 e. The zero-order valence-electron chi connectivity index (χ0n) is 24.3. The molecule has 8 nitrogen and oxygen atoms in total. The van der Waals surface area contributed by atoms with E-state index in [9.17, 15) is 23.1 Å². The number of aliphatic hydroxyl groups excluding tert-OH is 1. The van der Waals surface area contributed by atoms with Crippen LogP contribution in [0.1, 0.15) is 43.2 Å². The highest BCUT2D eigenvalue weighted by atomic mass is 19.3. The van der Waals surface area contributed by atoms with Crippen molar-refractivity contribution in [3.63, 3.8) is 0 Å². The molecule has 11 heteroatoms. The minimum atomic E-state index is -2.60. The number of aromatic carboxylic acids is 1. The molecule has 228 valence electrons. The number of aliphatic hydroxyl groups is 1. The van der Waals surface area contributed by atoms with E-state index in [0.29, 0.717) is 53.2 Å². The first-order valence-corrected chi connectivity index (χ1v) is 14.0. The maximum absolute atomic E-state index is 15.0. The number of alkyl halides is 3. The number of nitrogens with one attached hydrogen (secondary N) is 2. The van der Waals surface area contributed by atoms with Gasteiger partial charge in [0.15, 0.2) is 0 Å². The van der Waals surface area contributed by atoms with Crippen LogP contribution in [0.5, 0.6) is 5.75 Å². The Balaban J connectivity index is 0.00000237. The molecule has 0 saturated carbocycles. The highest BCUT2D eigenvalue weighted by molar-refractivity contribution is 5.94. The first kappa shape index (κ1) is 32.6. The first-order valence-electron chi connectivity index (χ1n) is 14.0. The Morgan fingerprint density at radius 2 is 1.93 bits per heavy atom. The van der Waals surface area contributed by atoms with E-state index in [-0.39, 0.29) is 18.7 Å². The fraction of sp³-hybridized carbons (Fsp3) is 0.452. The number of piperidine rings is 1. The number of benzene rings is 2. The van der Waals surface area contributed by atoms with Crippen LogP contribution in [0.15, 0.2) is 42.5 Å². The van der Waals surface area contributed by atoms with E-state index in [4.69, 9.17) is 9.84 Å². The largest absolute Gasteiger partial charge is 0.495 e. The van der Waals surface area contributed by atoms with E-state index in [0.717, 1.165) is 0 Å². The maximum atomic E-state index is 15.0. The second kappa shape index (κ2) is 15.4. The number of ether oxygens (including phenoxy) is 1. The quantitative estimate of drug-likeness (QED) is 0.239. The number of carboxylic acid groups (broad SMARTS) is 1. The topological polar surface area (TPSA) is 99.0 Å². The van der Waals surface area contributed by atoms with Gasteiger partial charge in [-0.2, -0.15) is 0 Å². The van der Waals surface area contributed by atoms with E-state index in [1.54, 1.807) is 37.3 Å². The summed E-state index contributed by atoms with van der Waals surface area (Å²) >= 11 is 0. The Hall–Kier alpha value is -3.88. The van der Waals surface area contributed by atoms with Crippen LogP contribution in [-0.2, 0) is 6.54 Å². The minimum absolute atomic E-state index is 0.0822. The van der Waals surface area contributed by atoms with Crippen LogP contribution in [0.3, 0.4) is 0 Å². The van der Waals surface area contributed by atoms with Crippen LogP contribution in [0, 0.1) is 11.8 Å². The number of methoxy groups -OCH3 is 1. The van der Waals surface area contributed by atoms with Gasteiger partial charge in [-0.1, -0.05) is 25.8 Å². The van der Waals surface area contributed by atoms with Crippen molar-refractivity contribution in [2.45, 2.75) is 58.5 Å². The lowest BCUT2D eigenvalue weighted by molar-refractivity contribution is 0.0696. The lowest BCUT2D eigenvalue weighted by atomic mass is 10.0. The molecule has 0 spiro atoms. The molecule has 1 saturated heterocycles. The average molecular weight is 589 g/mol. The summed E-state index contributed by atoms with van der Waals surface area (Å²) in [6.45, 7) is 6.54. The van der Waals surface area contributed by atoms with Crippen LogP contribution >= 0.6 is 0 Å². The zero-order valence-corrected chi connectivity index (χ0v) is 24.3. The molecule has 4 N–H and O–H groups in total. The molecule has 4 rings (SSSR count). The predicted molar refractivity (Wildman–Crippen MR) is 160 cm³/mol. The molecule has 1 aromatic heterocycles. The first-order chi connectivity index (χ1) is 20.2. The van der Waals surface area contributed by atoms with Gasteiger partial charge in [0, 0.05) is 30.7 Å². The van der Waals surface area contributed by atoms with Crippen LogP contribution < -0.4 is 15.4 Å². The fourth-order valence-electron chi connectivity index (χ4n) is 4.96. The number of rotatable bonds is 10. The van der Waals surface area contributed by atoms with Crippen molar-refractivity contribution in [3.8, 4) is 17.6 Å². The van der Waals surface area contributed by atoms with E-state index in [1.165, 1.54) is 23.8 Å². The van der Waals surface area contributed by atoms with Gasteiger partial charge < -0.3 is 30.2 Å². The third-order valence-corrected chi connectivity index (χ3v) is 6.79. The number of halogens is 3. The lowest BCUT2D eigenvalue weighted by Crippen LogP contribution is -2.49. The van der Waals surface area contributed by atoms with Crippen molar-refractivity contribution >= 4 is 28.2 Å². The second-order valence-electron chi connectivity index (χ2n) is 9.81. The van der Waals surface area contributed by atoms with Crippen LogP contribution in [0.4, 0.5) is 24.5 Å². The summed E-state index contributed by atoms with van der Waals surface area (Å²) < 4.78 is 48.7. The monoisotopic (exact) mass is 588 g/mol. The van der Waals surface area contributed by atoms with Crippen LogP contribution in [-0.4, -0.2) is 83.7 Å². The normalized spacial score (nSPS) is 17.5. The van der Waals surface area contributed by atoms with Crippen molar-refractivity contribution in [2.24, 2.45) is 0 Å². The number of anilines is 2. The summed E-state index contributed by atoms with van der Waals surface area (Å²) in [7, 11) is 1.43. The highest BCUT2D eigenvalue weighted by Gasteiger charge is 2.30. The molecular formula is C31H39F3N4O4. The number of β-amino-alcohol motifs (C(OH)–C–C–N with tert-alkyl or cyclic N) is 1. The van der Waals surface area contributed by atoms with E-state index >= 15 is 0 Å². The molecule has 0 amide bonds. The van der Waals surface area contributed by atoms with E-state index < -0.39 is 37.3 Å². The van der Waals surface area contributed by atoms with E-state index in [2.05, 4.69) is 22.5 Å². The van der Waals surface area contributed by atoms with Crippen molar-refractivity contribution in [1.29, 1.82) is 0 Å². The summed E-state index contributed by atoms with van der Waals surface area (Å²) in [5.41, 5.74) is 2.23. The summed E-state index contributed by atoms with van der Waals surface area (Å²) in [6, 6.07) is 11.0. The Morgan fingerprint density at radius 3 is 2.57 bits per heavy atom. The number of nitrogens with zero attached hydrogens (tertiary/aromatic N) is 2. The number of hydrogen-bond donors (Lipinski definition) is 4. The molecule has 42 heavy (non-hydrogen) atoms. The second-order valence-corrected chi connectivity index (χ2v) is 9.81. The average Bonchev–Trinajstić information content (AvgIpc) is 3.30. The number of carbonyl (C=O) groups is 1. The predicted octanol–water partition coefficient (Wildman–Crippen LogP) is 5.31. The van der Waals surface area contributed by atoms with E-state index in [1.807, 2.05) is 18.7 Å². The molecule has 3 unspecified atom stereocenters. The van der Waals surface area contributed by atoms with Gasteiger partial charge in [-0.15, -0.1) is 0 Å². The third kappa shape index (κ3) is 8.33. The van der Waals surface area contributed by atoms with Gasteiger partial charge in [0.25, 0.3) is 6.43 Å². The number of fused-ring (bicyclic) bond motifs is 1. The third-order valence-electron chi connectivity index (χ3n) is 6.79. The molecule has 0 radical (unpaired) electrons. The molecule has 0 bridgehead atoms. The minimum Gasteiger partial charge on any atom is -0.495 e. The number of carboxylic acids is 1. The van der Waals surface area contributed by atoms with Gasteiger partial charge in [-0.25, -0.2) is 18.0 Å². The van der Waals surface area contributed by atoms with Gasteiger partial charge in [0.2, 0.25) is 0 Å². The Labute approximate surface area is 244 Å². The molecular weight excluding hydrogens is 549 g/mol. The zero-order chi connectivity index (χ0) is 30.8. The molecule has 1 fully saturated rings.